The molecule has 2 aromatic rings. The molecule has 0 aliphatic heterocycles. The number of halogens is 3. The predicted molar refractivity (Wildman–Crippen MR) is 110 cm³/mol. The Balaban J connectivity index is 0.00000288. The quantitative estimate of drug-likeness (QED) is 0.355. The minimum atomic E-state index is -0.272. The molecule has 0 unspecified atom stereocenters. The summed E-state index contributed by atoms with van der Waals surface area (Å²) in [7, 11) is 0. The maximum absolute atomic E-state index is 13.5. The monoisotopic (exact) mass is 506 g/mol. The first kappa shape index (κ1) is 20.8. The second-order valence-corrected chi connectivity index (χ2v) is 5.80. The first-order chi connectivity index (χ1) is 11.2. The number of hydrogen-bond acceptors (Lipinski definition) is 2. The molecular weight excluding hydrogens is 486 g/mol. The molecule has 0 saturated carbocycles. The van der Waals surface area contributed by atoms with Crippen LogP contribution in [-0.2, 0) is 13.0 Å². The molecular formula is C17H21BrFIN4. The number of aliphatic imine (C=N–C) groups is 1. The van der Waals surface area contributed by atoms with Crippen LogP contribution in [0.25, 0.3) is 0 Å². The lowest BCUT2D eigenvalue weighted by Gasteiger charge is -2.11. The van der Waals surface area contributed by atoms with Crippen LogP contribution in [0, 0.1) is 5.82 Å². The predicted octanol–water partition coefficient (Wildman–Crippen LogP) is 3.90. The zero-order valence-corrected chi connectivity index (χ0v) is 17.3. The van der Waals surface area contributed by atoms with Gasteiger partial charge >= 0.3 is 0 Å². The van der Waals surface area contributed by atoms with E-state index in [1.807, 2.05) is 31.2 Å². The van der Waals surface area contributed by atoms with Gasteiger partial charge in [-0.05, 0) is 52.7 Å². The van der Waals surface area contributed by atoms with E-state index < -0.39 is 0 Å². The Labute approximate surface area is 167 Å². The third-order valence-corrected chi connectivity index (χ3v) is 3.79. The third-order valence-electron chi connectivity index (χ3n) is 3.15. The Morgan fingerprint density at radius 3 is 2.75 bits per heavy atom. The zero-order chi connectivity index (χ0) is 16.5. The Kier molecular flexibility index (Phi) is 9.85. The van der Waals surface area contributed by atoms with Gasteiger partial charge in [-0.1, -0.05) is 12.1 Å². The SMILES string of the molecule is CCNC(=NCc1ccc(Br)c(F)c1)NCCc1ccccn1.I. The number of nitrogens with one attached hydrogen (secondary N) is 2. The minimum Gasteiger partial charge on any atom is -0.357 e. The topological polar surface area (TPSA) is 49.3 Å². The van der Waals surface area contributed by atoms with E-state index in [4.69, 9.17) is 0 Å². The third kappa shape index (κ3) is 7.12. The maximum Gasteiger partial charge on any atom is 0.191 e. The molecule has 1 aromatic carbocycles. The molecule has 0 fully saturated rings. The van der Waals surface area contributed by atoms with Gasteiger partial charge in [0.25, 0.3) is 0 Å². The van der Waals surface area contributed by atoms with Gasteiger partial charge in [-0.3, -0.25) is 4.98 Å². The van der Waals surface area contributed by atoms with Gasteiger partial charge < -0.3 is 10.6 Å². The van der Waals surface area contributed by atoms with Crippen LogP contribution in [0.1, 0.15) is 18.2 Å². The molecule has 0 amide bonds. The molecule has 0 spiro atoms. The number of nitrogens with zero attached hydrogens (tertiary/aromatic N) is 2. The first-order valence-electron chi connectivity index (χ1n) is 7.55. The summed E-state index contributed by atoms with van der Waals surface area (Å²) < 4.78 is 14.0. The minimum absolute atomic E-state index is 0. The van der Waals surface area contributed by atoms with Crippen LogP contribution in [0.2, 0.25) is 0 Å². The van der Waals surface area contributed by atoms with Crippen LogP contribution in [0.5, 0.6) is 0 Å². The Hall–Kier alpha value is -1.22. The number of guanidine groups is 1. The number of hydrogen-bond donors (Lipinski definition) is 2. The average Bonchev–Trinajstić information content (AvgIpc) is 2.56. The number of rotatable bonds is 6. The van der Waals surface area contributed by atoms with Crippen molar-refractivity contribution in [1.82, 2.24) is 15.6 Å². The molecule has 7 heteroatoms. The normalized spacial score (nSPS) is 10.9. The summed E-state index contributed by atoms with van der Waals surface area (Å²) in [5.74, 6) is 0.442. The van der Waals surface area contributed by atoms with E-state index in [1.54, 1.807) is 12.3 Å². The highest BCUT2D eigenvalue weighted by Gasteiger charge is 2.02. The van der Waals surface area contributed by atoms with Crippen molar-refractivity contribution in [2.45, 2.75) is 19.9 Å². The molecule has 2 N–H and O–H groups in total. The largest absolute Gasteiger partial charge is 0.357 e. The van der Waals surface area contributed by atoms with Gasteiger partial charge in [0, 0.05) is 31.4 Å². The number of aromatic nitrogens is 1. The molecule has 24 heavy (non-hydrogen) atoms. The summed E-state index contributed by atoms with van der Waals surface area (Å²) >= 11 is 3.15. The standard InChI is InChI=1S/C17H20BrFN4.HI/c1-2-20-17(22-10-8-14-5-3-4-9-21-14)23-12-13-6-7-15(18)16(19)11-13;/h3-7,9,11H,2,8,10,12H2,1H3,(H2,20,22,23);1H. The summed E-state index contributed by atoms with van der Waals surface area (Å²) in [6.45, 7) is 3.93. The molecule has 130 valence electrons. The van der Waals surface area contributed by atoms with Crippen LogP contribution in [0.3, 0.4) is 0 Å². The molecule has 1 heterocycles. The van der Waals surface area contributed by atoms with E-state index in [0.717, 1.165) is 30.8 Å². The Morgan fingerprint density at radius 1 is 1.25 bits per heavy atom. The molecule has 0 aliphatic carbocycles. The first-order valence-corrected chi connectivity index (χ1v) is 8.34. The van der Waals surface area contributed by atoms with Gasteiger partial charge in [-0.15, -0.1) is 24.0 Å². The van der Waals surface area contributed by atoms with Crippen LogP contribution in [0.4, 0.5) is 4.39 Å². The molecule has 0 saturated heterocycles. The van der Waals surface area contributed by atoms with Crippen LogP contribution >= 0.6 is 39.9 Å². The summed E-state index contributed by atoms with van der Waals surface area (Å²) in [5, 5.41) is 6.44. The van der Waals surface area contributed by atoms with Crippen molar-refractivity contribution in [2.75, 3.05) is 13.1 Å². The van der Waals surface area contributed by atoms with Crippen molar-refractivity contribution in [2.24, 2.45) is 4.99 Å². The summed E-state index contributed by atoms with van der Waals surface area (Å²) in [5.41, 5.74) is 1.86. The van der Waals surface area contributed by atoms with Crippen LogP contribution in [-0.4, -0.2) is 24.0 Å². The highest BCUT2D eigenvalue weighted by Crippen LogP contribution is 2.16. The highest BCUT2D eigenvalue weighted by atomic mass is 127. The van der Waals surface area contributed by atoms with Crippen molar-refractivity contribution in [3.8, 4) is 0 Å². The molecule has 1 aromatic heterocycles. The molecule has 2 rings (SSSR count). The highest BCUT2D eigenvalue weighted by molar-refractivity contribution is 14.0. The molecule has 0 bridgehead atoms. The Bertz CT molecular complexity index is 652. The van der Waals surface area contributed by atoms with E-state index in [9.17, 15) is 4.39 Å². The van der Waals surface area contributed by atoms with Crippen LogP contribution in [0.15, 0.2) is 52.1 Å². The van der Waals surface area contributed by atoms with E-state index in [0.29, 0.717) is 17.0 Å². The second-order valence-electron chi connectivity index (χ2n) is 4.94. The lowest BCUT2D eigenvalue weighted by atomic mass is 10.2. The fraction of sp³-hybridized carbons (Fsp3) is 0.294. The van der Waals surface area contributed by atoms with Gasteiger partial charge in [-0.25, -0.2) is 9.38 Å². The summed E-state index contributed by atoms with van der Waals surface area (Å²) in [6, 6.07) is 10.9. The van der Waals surface area contributed by atoms with Gasteiger partial charge in [-0.2, -0.15) is 0 Å². The second kappa shape index (κ2) is 11.4. The van der Waals surface area contributed by atoms with E-state index in [-0.39, 0.29) is 29.8 Å². The summed E-state index contributed by atoms with van der Waals surface area (Å²) in [6.07, 6.45) is 2.61. The van der Waals surface area contributed by atoms with Crippen molar-refractivity contribution in [1.29, 1.82) is 0 Å². The smallest absolute Gasteiger partial charge is 0.191 e. The lowest BCUT2D eigenvalue weighted by molar-refractivity contribution is 0.618. The fourth-order valence-corrected chi connectivity index (χ4v) is 2.25. The van der Waals surface area contributed by atoms with E-state index in [1.165, 1.54) is 6.07 Å². The fourth-order valence-electron chi connectivity index (χ4n) is 2.01. The maximum atomic E-state index is 13.5. The summed E-state index contributed by atoms with van der Waals surface area (Å²) in [4.78, 5) is 8.76. The van der Waals surface area contributed by atoms with Crippen LogP contribution < -0.4 is 10.6 Å². The molecule has 4 nitrogen and oxygen atoms in total. The molecule has 0 aliphatic rings. The van der Waals surface area contributed by atoms with E-state index in [2.05, 4.69) is 36.5 Å². The van der Waals surface area contributed by atoms with Crippen molar-refractivity contribution < 1.29 is 4.39 Å². The van der Waals surface area contributed by atoms with Crippen molar-refractivity contribution in [3.05, 3.63) is 64.1 Å². The van der Waals surface area contributed by atoms with Gasteiger partial charge in [0.2, 0.25) is 0 Å². The molecule has 0 radical (unpaired) electrons. The lowest BCUT2D eigenvalue weighted by Crippen LogP contribution is -2.38. The number of benzene rings is 1. The van der Waals surface area contributed by atoms with Crippen molar-refractivity contribution in [3.63, 3.8) is 0 Å². The van der Waals surface area contributed by atoms with Gasteiger partial charge in [0.05, 0.1) is 11.0 Å². The van der Waals surface area contributed by atoms with Gasteiger partial charge in [0.15, 0.2) is 5.96 Å². The van der Waals surface area contributed by atoms with E-state index >= 15 is 0 Å². The number of pyridine rings is 1. The molecule has 0 atom stereocenters. The zero-order valence-electron chi connectivity index (χ0n) is 13.4. The van der Waals surface area contributed by atoms with Gasteiger partial charge in [0.1, 0.15) is 5.82 Å². The average molecular weight is 507 g/mol. The van der Waals surface area contributed by atoms with Crippen molar-refractivity contribution >= 4 is 45.9 Å². The Morgan fingerprint density at radius 2 is 2.08 bits per heavy atom.